The maximum absolute atomic E-state index is 12.5. The highest BCUT2D eigenvalue weighted by atomic mass is 16.5. The van der Waals surface area contributed by atoms with Gasteiger partial charge in [0, 0.05) is 31.0 Å². The maximum atomic E-state index is 12.5. The van der Waals surface area contributed by atoms with Crippen molar-refractivity contribution in [3.8, 4) is 0 Å². The van der Waals surface area contributed by atoms with E-state index in [1.165, 1.54) is 0 Å². The van der Waals surface area contributed by atoms with Crippen LogP contribution in [0, 0.1) is 0 Å². The van der Waals surface area contributed by atoms with Crippen molar-refractivity contribution in [3.63, 3.8) is 0 Å². The van der Waals surface area contributed by atoms with E-state index in [4.69, 9.17) is 4.74 Å². The van der Waals surface area contributed by atoms with E-state index in [1.807, 2.05) is 13.2 Å². The summed E-state index contributed by atoms with van der Waals surface area (Å²) in [6.45, 7) is 0.618. The number of H-pyrrole nitrogens is 1. The molecule has 0 bridgehead atoms. The van der Waals surface area contributed by atoms with Gasteiger partial charge in [0.1, 0.15) is 17.1 Å². The van der Waals surface area contributed by atoms with Gasteiger partial charge >= 0.3 is 0 Å². The van der Waals surface area contributed by atoms with E-state index in [1.54, 1.807) is 29.1 Å². The lowest BCUT2D eigenvalue weighted by Crippen LogP contribution is -2.36. The molecule has 0 saturated carbocycles. The van der Waals surface area contributed by atoms with Crippen LogP contribution in [0.4, 0.5) is 0 Å². The Morgan fingerprint density at radius 2 is 2.26 bits per heavy atom. The number of benzene rings is 1. The Morgan fingerprint density at radius 1 is 1.39 bits per heavy atom. The zero-order valence-corrected chi connectivity index (χ0v) is 12.6. The van der Waals surface area contributed by atoms with Crippen molar-refractivity contribution in [2.24, 2.45) is 7.05 Å². The van der Waals surface area contributed by atoms with E-state index in [0.29, 0.717) is 17.7 Å². The molecular weight excluding hydrogens is 296 g/mol. The molecule has 118 valence electrons. The van der Waals surface area contributed by atoms with E-state index in [0.717, 1.165) is 17.5 Å². The summed E-state index contributed by atoms with van der Waals surface area (Å²) in [6.07, 6.45) is 4.30. The van der Waals surface area contributed by atoms with Crippen molar-refractivity contribution < 1.29 is 9.53 Å². The number of hydrogen-bond donors (Lipinski definition) is 2. The number of nitrogens with one attached hydrogen (secondary N) is 2. The minimum Gasteiger partial charge on any atom is -0.371 e. The third kappa shape index (κ3) is 2.57. The summed E-state index contributed by atoms with van der Waals surface area (Å²) in [5.74, 6) is -0.140. The number of hydrogen-bond acceptors (Lipinski definition) is 5. The van der Waals surface area contributed by atoms with Gasteiger partial charge in [-0.25, -0.2) is 0 Å². The first-order valence-corrected chi connectivity index (χ1v) is 7.42. The van der Waals surface area contributed by atoms with Crippen LogP contribution in [-0.4, -0.2) is 43.7 Å². The Labute approximate surface area is 131 Å². The van der Waals surface area contributed by atoms with Crippen LogP contribution in [0.25, 0.3) is 11.0 Å². The molecule has 1 amide bonds. The first-order chi connectivity index (χ1) is 11.2. The van der Waals surface area contributed by atoms with E-state index in [-0.39, 0.29) is 18.1 Å². The molecule has 0 unspecified atom stereocenters. The third-order valence-corrected chi connectivity index (χ3v) is 4.04. The van der Waals surface area contributed by atoms with Crippen LogP contribution in [0.15, 0.2) is 30.6 Å². The van der Waals surface area contributed by atoms with Gasteiger partial charge in [0.05, 0.1) is 12.2 Å². The second kappa shape index (κ2) is 5.47. The second-order valence-corrected chi connectivity index (χ2v) is 5.63. The first kappa shape index (κ1) is 13.9. The molecule has 0 spiro atoms. The molecule has 3 heterocycles. The molecule has 1 aliphatic rings. The number of aromatic amines is 1. The lowest BCUT2D eigenvalue weighted by atomic mass is 10.0. The molecule has 2 N–H and O–H groups in total. The Balaban J connectivity index is 1.53. The van der Waals surface area contributed by atoms with Gasteiger partial charge in [-0.15, -0.1) is 0 Å². The summed E-state index contributed by atoms with van der Waals surface area (Å²) in [5, 5.41) is 17.8. The summed E-state index contributed by atoms with van der Waals surface area (Å²) < 4.78 is 7.49. The number of ether oxygens (including phenoxy) is 1. The molecule has 1 aromatic carbocycles. The van der Waals surface area contributed by atoms with Gasteiger partial charge in [0.15, 0.2) is 0 Å². The molecule has 2 atom stereocenters. The Kier molecular flexibility index (Phi) is 3.30. The van der Waals surface area contributed by atoms with Gasteiger partial charge in [-0.2, -0.15) is 20.5 Å². The maximum Gasteiger partial charge on any atom is 0.251 e. The Hall–Kier alpha value is -2.74. The van der Waals surface area contributed by atoms with Crippen LogP contribution in [0.1, 0.15) is 28.4 Å². The zero-order valence-electron chi connectivity index (χ0n) is 12.6. The van der Waals surface area contributed by atoms with Gasteiger partial charge in [-0.05, 0) is 24.6 Å². The molecule has 0 aliphatic carbocycles. The number of carbonyl (C=O) groups excluding carboxylic acids is 1. The van der Waals surface area contributed by atoms with Crippen molar-refractivity contribution in [2.75, 3.05) is 6.61 Å². The van der Waals surface area contributed by atoms with Gasteiger partial charge < -0.3 is 10.1 Å². The predicted molar refractivity (Wildman–Crippen MR) is 81.7 cm³/mol. The van der Waals surface area contributed by atoms with Crippen LogP contribution >= 0.6 is 0 Å². The van der Waals surface area contributed by atoms with Crippen molar-refractivity contribution in [3.05, 3.63) is 41.7 Å². The molecule has 1 aliphatic heterocycles. The highest BCUT2D eigenvalue weighted by molar-refractivity contribution is 5.97. The largest absolute Gasteiger partial charge is 0.371 e. The molecule has 1 fully saturated rings. The van der Waals surface area contributed by atoms with Crippen LogP contribution in [-0.2, 0) is 11.8 Å². The van der Waals surface area contributed by atoms with Gasteiger partial charge in [0.2, 0.25) is 0 Å². The SMILES string of the molecule is Cn1cc([C@H]2OCC[C@@H]2NC(=O)c2ccc3n[nH]nc3c2)cn1. The average molecular weight is 312 g/mol. The van der Waals surface area contributed by atoms with Crippen LogP contribution in [0.5, 0.6) is 0 Å². The molecular formula is C15H16N6O2. The number of aromatic nitrogens is 5. The van der Waals surface area contributed by atoms with Crippen LogP contribution < -0.4 is 5.32 Å². The Bertz CT molecular complexity index is 854. The number of carbonyl (C=O) groups is 1. The molecule has 1 saturated heterocycles. The summed E-state index contributed by atoms with van der Waals surface area (Å²) in [6, 6.07) is 5.18. The highest BCUT2D eigenvalue weighted by Crippen LogP contribution is 2.29. The highest BCUT2D eigenvalue weighted by Gasteiger charge is 2.32. The lowest BCUT2D eigenvalue weighted by molar-refractivity contribution is 0.0821. The molecule has 2 aromatic heterocycles. The Morgan fingerprint density at radius 3 is 3.09 bits per heavy atom. The van der Waals surface area contributed by atoms with Crippen molar-refractivity contribution >= 4 is 16.9 Å². The average Bonchev–Trinajstić information content (AvgIpc) is 3.26. The minimum absolute atomic E-state index is 0.0697. The first-order valence-electron chi connectivity index (χ1n) is 7.42. The fourth-order valence-electron chi connectivity index (χ4n) is 2.89. The number of aryl methyl sites for hydroxylation is 1. The normalized spacial score (nSPS) is 20.9. The quantitative estimate of drug-likeness (QED) is 0.750. The molecule has 3 aromatic rings. The van der Waals surface area contributed by atoms with Crippen LogP contribution in [0.3, 0.4) is 0 Å². The summed E-state index contributed by atoms with van der Waals surface area (Å²) in [5.41, 5.74) is 2.94. The molecule has 8 heteroatoms. The van der Waals surface area contributed by atoms with Crippen molar-refractivity contribution in [2.45, 2.75) is 18.6 Å². The number of fused-ring (bicyclic) bond motifs is 1. The van der Waals surface area contributed by atoms with Crippen molar-refractivity contribution in [1.29, 1.82) is 0 Å². The standard InChI is InChI=1S/C15H16N6O2/c1-21-8-10(7-16-21)14-12(4-5-23-14)17-15(22)9-2-3-11-13(6-9)19-20-18-11/h2-3,6-8,12,14H,4-5H2,1H3,(H,17,22)(H,18,19,20)/t12-,14+/m0/s1. The third-order valence-electron chi connectivity index (χ3n) is 4.04. The van der Waals surface area contributed by atoms with E-state index in [2.05, 4.69) is 25.8 Å². The predicted octanol–water partition coefficient (Wildman–Crippen LogP) is 0.951. The molecule has 23 heavy (non-hydrogen) atoms. The fraction of sp³-hybridized carbons (Fsp3) is 0.333. The van der Waals surface area contributed by atoms with Crippen molar-refractivity contribution in [1.82, 2.24) is 30.5 Å². The van der Waals surface area contributed by atoms with Crippen LogP contribution in [0.2, 0.25) is 0 Å². The lowest BCUT2D eigenvalue weighted by Gasteiger charge is -2.18. The van der Waals surface area contributed by atoms with E-state index >= 15 is 0 Å². The summed E-state index contributed by atoms with van der Waals surface area (Å²) in [7, 11) is 1.86. The molecule has 8 nitrogen and oxygen atoms in total. The second-order valence-electron chi connectivity index (χ2n) is 5.63. The smallest absolute Gasteiger partial charge is 0.251 e. The number of amides is 1. The zero-order chi connectivity index (χ0) is 15.8. The molecule has 4 rings (SSSR count). The topological polar surface area (TPSA) is 97.7 Å². The van der Waals surface area contributed by atoms with E-state index in [9.17, 15) is 4.79 Å². The summed E-state index contributed by atoms with van der Waals surface area (Å²) >= 11 is 0. The van der Waals surface area contributed by atoms with Gasteiger partial charge in [0.25, 0.3) is 5.91 Å². The van der Waals surface area contributed by atoms with E-state index < -0.39 is 0 Å². The van der Waals surface area contributed by atoms with Gasteiger partial charge in [-0.1, -0.05) is 0 Å². The number of nitrogens with zero attached hydrogens (tertiary/aromatic N) is 4. The molecule has 0 radical (unpaired) electrons. The fourth-order valence-corrected chi connectivity index (χ4v) is 2.89. The summed E-state index contributed by atoms with van der Waals surface area (Å²) in [4.78, 5) is 12.5. The van der Waals surface area contributed by atoms with Gasteiger partial charge in [-0.3, -0.25) is 9.48 Å². The minimum atomic E-state index is -0.163. The number of rotatable bonds is 3. The monoisotopic (exact) mass is 312 g/mol.